The molecule has 0 unspecified atom stereocenters. The predicted molar refractivity (Wildman–Crippen MR) is 89.6 cm³/mol. The van der Waals surface area contributed by atoms with Gasteiger partial charge in [0.15, 0.2) is 0 Å². The van der Waals surface area contributed by atoms with Crippen LogP contribution in [-0.2, 0) is 10.0 Å². The lowest BCUT2D eigenvalue weighted by Gasteiger charge is -2.13. The molecule has 0 aliphatic carbocycles. The van der Waals surface area contributed by atoms with E-state index in [0.717, 1.165) is 5.56 Å². The van der Waals surface area contributed by atoms with E-state index in [1.807, 2.05) is 0 Å². The Morgan fingerprint density at radius 3 is 2.38 bits per heavy atom. The van der Waals surface area contributed by atoms with Crippen LogP contribution in [0.2, 0.25) is 0 Å². The minimum absolute atomic E-state index is 0.101. The predicted octanol–water partition coefficient (Wildman–Crippen LogP) is 2.81. The molecule has 0 bridgehead atoms. The SMILES string of the molecule is COc1cc(C)c(S(=O)(=O)NCCOc2ccc(F)cc2)cc1C. The summed E-state index contributed by atoms with van der Waals surface area (Å²) in [6, 6.07) is 8.81. The van der Waals surface area contributed by atoms with Crippen LogP contribution in [0.3, 0.4) is 0 Å². The quantitative estimate of drug-likeness (QED) is 0.778. The molecule has 0 saturated carbocycles. The van der Waals surface area contributed by atoms with Gasteiger partial charge >= 0.3 is 0 Å². The second-order valence-electron chi connectivity index (χ2n) is 5.29. The zero-order valence-electron chi connectivity index (χ0n) is 13.8. The van der Waals surface area contributed by atoms with E-state index in [1.165, 1.54) is 24.3 Å². The van der Waals surface area contributed by atoms with E-state index in [1.54, 1.807) is 33.1 Å². The number of benzene rings is 2. The first-order valence-corrected chi connectivity index (χ1v) is 8.85. The molecule has 0 saturated heterocycles. The first kappa shape index (κ1) is 18.2. The Kier molecular flexibility index (Phi) is 5.80. The van der Waals surface area contributed by atoms with Crippen LogP contribution in [-0.4, -0.2) is 28.7 Å². The second kappa shape index (κ2) is 7.63. The number of nitrogens with one attached hydrogen (secondary N) is 1. The van der Waals surface area contributed by atoms with Gasteiger partial charge in [0.2, 0.25) is 10.0 Å². The Morgan fingerprint density at radius 1 is 1.08 bits per heavy atom. The van der Waals surface area contributed by atoms with Gasteiger partial charge in [0.1, 0.15) is 23.9 Å². The maximum absolute atomic E-state index is 12.8. The van der Waals surface area contributed by atoms with Gasteiger partial charge in [-0.1, -0.05) is 0 Å². The molecule has 1 N–H and O–H groups in total. The molecule has 0 spiro atoms. The van der Waals surface area contributed by atoms with E-state index >= 15 is 0 Å². The molecule has 0 heterocycles. The molecule has 2 aromatic rings. The maximum atomic E-state index is 12.8. The molecule has 0 aliphatic heterocycles. The van der Waals surface area contributed by atoms with Gasteiger partial charge in [0.25, 0.3) is 0 Å². The summed E-state index contributed by atoms with van der Waals surface area (Å²) in [4.78, 5) is 0.211. The third kappa shape index (κ3) is 4.46. The lowest BCUT2D eigenvalue weighted by molar-refractivity contribution is 0.322. The summed E-state index contributed by atoms with van der Waals surface area (Å²) in [5.41, 5.74) is 1.34. The molecule has 24 heavy (non-hydrogen) atoms. The molecule has 0 aliphatic rings. The standard InChI is InChI=1S/C17H20FNO4S/c1-12-11-17(13(2)10-16(12)22-3)24(20,21)19-8-9-23-15-6-4-14(18)5-7-15/h4-7,10-11,19H,8-9H2,1-3H3. The smallest absolute Gasteiger partial charge is 0.240 e. The van der Waals surface area contributed by atoms with E-state index < -0.39 is 10.0 Å². The van der Waals surface area contributed by atoms with Crippen molar-refractivity contribution in [1.82, 2.24) is 4.72 Å². The van der Waals surface area contributed by atoms with E-state index in [0.29, 0.717) is 17.1 Å². The average Bonchev–Trinajstić information content (AvgIpc) is 2.55. The van der Waals surface area contributed by atoms with Gasteiger partial charge in [-0.25, -0.2) is 17.5 Å². The van der Waals surface area contributed by atoms with Crippen LogP contribution in [0.5, 0.6) is 11.5 Å². The van der Waals surface area contributed by atoms with E-state index in [9.17, 15) is 12.8 Å². The van der Waals surface area contributed by atoms with E-state index in [4.69, 9.17) is 9.47 Å². The molecular weight excluding hydrogens is 333 g/mol. The van der Waals surface area contributed by atoms with Crippen molar-refractivity contribution in [3.63, 3.8) is 0 Å². The van der Waals surface area contributed by atoms with Crippen molar-refractivity contribution in [2.24, 2.45) is 0 Å². The Hall–Kier alpha value is -2.12. The number of methoxy groups -OCH3 is 1. The summed E-state index contributed by atoms with van der Waals surface area (Å²) in [5, 5.41) is 0. The molecule has 0 aromatic heterocycles. The Labute approximate surface area is 141 Å². The van der Waals surface area contributed by atoms with Crippen LogP contribution in [0.25, 0.3) is 0 Å². The fraction of sp³-hybridized carbons (Fsp3) is 0.294. The van der Waals surface area contributed by atoms with Crippen molar-refractivity contribution in [2.45, 2.75) is 18.7 Å². The largest absolute Gasteiger partial charge is 0.496 e. The topological polar surface area (TPSA) is 64.6 Å². The molecule has 5 nitrogen and oxygen atoms in total. The van der Waals surface area contributed by atoms with E-state index in [2.05, 4.69) is 4.72 Å². The number of hydrogen-bond donors (Lipinski definition) is 1. The van der Waals surface area contributed by atoms with Crippen LogP contribution in [0, 0.1) is 19.7 Å². The summed E-state index contributed by atoms with van der Waals surface area (Å²) in [6.07, 6.45) is 0. The van der Waals surface area contributed by atoms with Gasteiger partial charge in [-0.15, -0.1) is 0 Å². The molecular formula is C17H20FNO4S. The Balaban J connectivity index is 1.98. The monoisotopic (exact) mass is 353 g/mol. The van der Waals surface area contributed by atoms with Crippen molar-refractivity contribution in [2.75, 3.05) is 20.3 Å². The summed E-state index contributed by atoms with van der Waals surface area (Å²) in [7, 11) is -2.10. The summed E-state index contributed by atoms with van der Waals surface area (Å²) < 4.78 is 50.6. The number of sulfonamides is 1. The zero-order valence-corrected chi connectivity index (χ0v) is 14.6. The van der Waals surface area contributed by atoms with Crippen LogP contribution in [0.4, 0.5) is 4.39 Å². The highest BCUT2D eigenvalue weighted by Crippen LogP contribution is 2.25. The third-order valence-electron chi connectivity index (χ3n) is 3.46. The second-order valence-corrected chi connectivity index (χ2v) is 7.02. The van der Waals surface area contributed by atoms with Gasteiger partial charge < -0.3 is 9.47 Å². The zero-order chi connectivity index (χ0) is 17.7. The van der Waals surface area contributed by atoms with Crippen LogP contribution < -0.4 is 14.2 Å². The van der Waals surface area contributed by atoms with Gasteiger partial charge in [0, 0.05) is 6.54 Å². The molecule has 7 heteroatoms. The minimum Gasteiger partial charge on any atom is -0.496 e. The lowest BCUT2D eigenvalue weighted by atomic mass is 10.1. The molecule has 0 radical (unpaired) electrons. The summed E-state index contributed by atoms with van der Waals surface area (Å²) in [5.74, 6) is 0.770. The number of hydrogen-bond acceptors (Lipinski definition) is 4. The van der Waals surface area contributed by atoms with Gasteiger partial charge in [-0.3, -0.25) is 0 Å². The fourth-order valence-electron chi connectivity index (χ4n) is 2.23. The van der Waals surface area contributed by atoms with Crippen molar-refractivity contribution < 1.29 is 22.3 Å². The van der Waals surface area contributed by atoms with Crippen molar-refractivity contribution in [3.8, 4) is 11.5 Å². The van der Waals surface area contributed by atoms with Crippen LogP contribution in [0.1, 0.15) is 11.1 Å². The molecule has 2 rings (SSSR count). The Morgan fingerprint density at radius 2 is 1.75 bits per heavy atom. The number of halogens is 1. The van der Waals surface area contributed by atoms with Crippen LogP contribution in [0.15, 0.2) is 41.3 Å². The summed E-state index contributed by atoms with van der Waals surface area (Å²) in [6.45, 7) is 3.74. The average molecular weight is 353 g/mol. The number of rotatable bonds is 7. The maximum Gasteiger partial charge on any atom is 0.240 e. The van der Waals surface area contributed by atoms with Gasteiger partial charge in [-0.2, -0.15) is 0 Å². The van der Waals surface area contributed by atoms with Crippen molar-refractivity contribution >= 4 is 10.0 Å². The molecule has 0 fully saturated rings. The first-order chi connectivity index (χ1) is 11.3. The number of aryl methyl sites for hydroxylation is 2. The highest BCUT2D eigenvalue weighted by atomic mass is 32.2. The van der Waals surface area contributed by atoms with Gasteiger partial charge in [-0.05, 0) is 61.4 Å². The van der Waals surface area contributed by atoms with Crippen molar-refractivity contribution in [3.05, 3.63) is 53.3 Å². The molecule has 130 valence electrons. The van der Waals surface area contributed by atoms with Gasteiger partial charge in [0.05, 0.1) is 12.0 Å². The molecule has 2 aromatic carbocycles. The lowest BCUT2D eigenvalue weighted by Crippen LogP contribution is -2.29. The Bertz CT molecular complexity index is 804. The minimum atomic E-state index is -3.65. The normalized spacial score (nSPS) is 11.3. The fourth-order valence-corrected chi connectivity index (χ4v) is 3.55. The third-order valence-corrected chi connectivity index (χ3v) is 5.06. The molecule has 0 atom stereocenters. The molecule has 0 amide bonds. The first-order valence-electron chi connectivity index (χ1n) is 7.37. The highest BCUT2D eigenvalue weighted by molar-refractivity contribution is 7.89. The van der Waals surface area contributed by atoms with Crippen LogP contribution >= 0.6 is 0 Å². The number of ether oxygens (including phenoxy) is 2. The van der Waals surface area contributed by atoms with E-state index in [-0.39, 0.29) is 23.9 Å². The highest BCUT2D eigenvalue weighted by Gasteiger charge is 2.18. The summed E-state index contributed by atoms with van der Waals surface area (Å²) >= 11 is 0. The van der Waals surface area contributed by atoms with Crippen molar-refractivity contribution in [1.29, 1.82) is 0 Å².